The zero-order chi connectivity index (χ0) is 15.8. The van der Waals surface area contributed by atoms with Gasteiger partial charge in [0.25, 0.3) is 0 Å². The Morgan fingerprint density at radius 2 is 2.29 bits per heavy atom. The molecule has 0 bridgehead atoms. The predicted octanol–water partition coefficient (Wildman–Crippen LogP) is 1.80. The Balaban J connectivity index is 1.91. The van der Waals surface area contributed by atoms with Crippen molar-refractivity contribution in [3.63, 3.8) is 0 Å². The van der Waals surface area contributed by atoms with Gasteiger partial charge in [-0.2, -0.15) is 5.10 Å². The van der Waals surface area contributed by atoms with E-state index in [1.807, 2.05) is 0 Å². The minimum Gasteiger partial charge on any atom is -0.476 e. The highest BCUT2D eigenvalue weighted by Gasteiger charge is 2.49. The summed E-state index contributed by atoms with van der Waals surface area (Å²) in [6.07, 6.45) is 1.50. The van der Waals surface area contributed by atoms with E-state index in [1.54, 1.807) is 17.8 Å². The van der Waals surface area contributed by atoms with Crippen molar-refractivity contribution in [3.05, 3.63) is 17.5 Å². The summed E-state index contributed by atoms with van der Waals surface area (Å²) in [4.78, 5) is 10.9. The molecule has 1 saturated carbocycles. The fraction of sp³-hybridized carbons (Fsp3) is 0.733. The summed E-state index contributed by atoms with van der Waals surface area (Å²) < 4.78 is 7.52. The van der Waals surface area contributed by atoms with Gasteiger partial charge in [-0.25, -0.2) is 4.79 Å². The van der Waals surface area contributed by atoms with E-state index in [2.05, 4.69) is 38.1 Å². The number of aromatic nitrogens is 2. The first-order valence-corrected chi connectivity index (χ1v) is 7.37. The topological polar surface area (TPSA) is 76.4 Å². The number of hydrogen-bond acceptors (Lipinski definition) is 4. The van der Waals surface area contributed by atoms with Crippen molar-refractivity contribution in [1.29, 1.82) is 0 Å². The maximum atomic E-state index is 10.9. The van der Waals surface area contributed by atoms with Crippen molar-refractivity contribution in [1.82, 2.24) is 15.1 Å². The van der Waals surface area contributed by atoms with Crippen LogP contribution in [0.25, 0.3) is 0 Å². The molecule has 2 unspecified atom stereocenters. The van der Waals surface area contributed by atoms with Gasteiger partial charge in [-0.1, -0.05) is 13.8 Å². The standard InChI is InChI=1S/C15H25N3O3/c1-9(2)21-13-7-12(15(13,3)4)16-8-10-6-11(14(19)20)17-18(10)5/h6,9,12-13,16H,7-8H2,1-5H3,(H,19,20). The molecule has 2 rings (SSSR count). The van der Waals surface area contributed by atoms with E-state index in [1.165, 1.54) is 0 Å². The summed E-state index contributed by atoms with van der Waals surface area (Å²) in [6, 6.07) is 1.98. The molecule has 21 heavy (non-hydrogen) atoms. The maximum Gasteiger partial charge on any atom is 0.356 e. The van der Waals surface area contributed by atoms with Crippen LogP contribution in [0.4, 0.5) is 0 Å². The van der Waals surface area contributed by atoms with Gasteiger partial charge in [0, 0.05) is 25.0 Å². The average molecular weight is 295 g/mol. The molecule has 1 fully saturated rings. The number of rotatable bonds is 6. The lowest BCUT2D eigenvalue weighted by Gasteiger charge is -2.52. The van der Waals surface area contributed by atoms with Crippen LogP contribution in [0, 0.1) is 5.41 Å². The molecule has 0 saturated heterocycles. The minimum absolute atomic E-state index is 0.0818. The van der Waals surface area contributed by atoms with Gasteiger partial charge in [0.15, 0.2) is 5.69 Å². The monoisotopic (exact) mass is 295 g/mol. The van der Waals surface area contributed by atoms with E-state index in [9.17, 15) is 4.79 Å². The number of carboxylic acid groups (broad SMARTS) is 1. The van der Waals surface area contributed by atoms with E-state index < -0.39 is 5.97 Å². The Kier molecular flexibility index (Phi) is 4.39. The summed E-state index contributed by atoms with van der Waals surface area (Å²) in [5.74, 6) is -0.994. The second-order valence-corrected chi connectivity index (χ2v) is 6.61. The number of carboxylic acids is 1. The molecule has 6 heteroatoms. The van der Waals surface area contributed by atoms with Gasteiger partial charge < -0.3 is 15.2 Å². The molecule has 0 spiro atoms. The molecule has 1 aliphatic rings. The van der Waals surface area contributed by atoms with Crippen LogP contribution < -0.4 is 5.32 Å². The van der Waals surface area contributed by atoms with Gasteiger partial charge in [-0.05, 0) is 26.3 Å². The molecule has 1 heterocycles. The highest BCUT2D eigenvalue weighted by molar-refractivity contribution is 5.85. The first-order valence-electron chi connectivity index (χ1n) is 7.37. The summed E-state index contributed by atoms with van der Waals surface area (Å²) in [5.41, 5.74) is 1.04. The molecular weight excluding hydrogens is 270 g/mol. The van der Waals surface area contributed by atoms with Crippen LogP contribution >= 0.6 is 0 Å². The Morgan fingerprint density at radius 1 is 1.62 bits per heavy atom. The first kappa shape index (κ1) is 16.0. The number of carbonyl (C=O) groups is 1. The fourth-order valence-corrected chi connectivity index (χ4v) is 2.79. The summed E-state index contributed by atoms with van der Waals surface area (Å²) in [6.45, 7) is 9.12. The fourth-order valence-electron chi connectivity index (χ4n) is 2.79. The average Bonchev–Trinajstić information content (AvgIpc) is 2.74. The zero-order valence-corrected chi connectivity index (χ0v) is 13.4. The van der Waals surface area contributed by atoms with E-state index in [0.717, 1.165) is 12.1 Å². The second kappa shape index (κ2) is 5.77. The van der Waals surface area contributed by atoms with Crippen molar-refractivity contribution in [2.24, 2.45) is 12.5 Å². The van der Waals surface area contributed by atoms with Crippen molar-refractivity contribution < 1.29 is 14.6 Å². The predicted molar refractivity (Wildman–Crippen MR) is 79.2 cm³/mol. The molecule has 2 N–H and O–H groups in total. The van der Waals surface area contributed by atoms with E-state index in [0.29, 0.717) is 12.6 Å². The first-order chi connectivity index (χ1) is 9.71. The van der Waals surface area contributed by atoms with Crippen molar-refractivity contribution in [2.75, 3.05) is 0 Å². The molecule has 0 amide bonds. The van der Waals surface area contributed by atoms with Crippen LogP contribution in [-0.4, -0.2) is 39.1 Å². The number of aryl methyl sites for hydroxylation is 1. The van der Waals surface area contributed by atoms with Gasteiger partial charge in [0.05, 0.1) is 17.9 Å². The van der Waals surface area contributed by atoms with Gasteiger partial charge in [-0.3, -0.25) is 4.68 Å². The maximum absolute atomic E-state index is 10.9. The molecule has 0 aliphatic heterocycles. The molecule has 118 valence electrons. The van der Waals surface area contributed by atoms with E-state index >= 15 is 0 Å². The lowest BCUT2D eigenvalue weighted by atomic mass is 9.64. The third-order valence-electron chi connectivity index (χ3n) is 4.34. The van der Waals surface area contributed by atoms with Crippen LogP contribution in [0.15, 0.2) is 6.07 Å². The molecule has 1 aromatic heterocycles. The quantitative estimate of drug-likeness (QED) is 0.837. The van der Waals surface area contributed by atoms with E-state index in [-0.39, 0.29) is 23.3 Å². The van der Waals surface area contributed by atoms with Crippen LogP contribution in [0.5, 0.6) is 0 Å². The van der Waals surface area contributed by atoms with Gasteiger partial charge in [0.1, 0.15) is 0 Å². The molecule has 1 aromatic rings. The lowest BCUT2D eigenvalue weighted by Crippen LogP contribution is -2.61. The van der Waals surface area contributed by atoms with Crippen LogP contribution in [-0.2, 0) is 18.3 Å². The van der Waals surface area contributed by atoms with Crippen LogP contribution in [0.3, 0.4) is 0 Å². The minimum atomic E-state index is -0.994. The molecular formula is C15H25N3O3. The van der Waals surface area contributed by atoms with Crippen molar-refractivity contribution in [2.45, 2.75) is 58.9 Å². The second-order valence-electron chi connectivity index (χ2n) is 6.61. The van der Waals surface area contributed by atoms with Gasteiger partial charge in [-0.15, -0.1) is 0 Å². The number of hydrogen-bond donors (Lipinski definition) is 2. The Labute approximate surface area is 125 Å². The smallest absolute Gasteiger partial charge is 0.356 e. The third kappa shape index (κ3) is 3.27. The highest BCUT2D eigenvalue weighted by Crippen LogP contribution is 2.43. The van der Waals surface area contributed by atoms with Gasteiger partial charge >= 0.3 is 5.97 Å². The highest BCUT2D eigenvalue weighted by atomic mass is 16.5. The SMILES string of the molecule is CC(C)OC1CC(NCc2cc(C(=O)O)nn2C)C1(C)C. The van der Waals surface area contributed by atoms with Crippen molar-refractivity contribution in [3.8, 4) is 0 Å². The number of aromatic carboxylic acids is 1. The largest absolute Gasteiger partial charge is 0.476 e. The van der Waals surface area contributed by atoms with Crippen LogP contribution in [0.2, 0.25) is 0 Å². The number of ether oxygens (including phenoxy) is 1. The molecule has 6 nitrogen and oxygen atoms in total. The number of nitrogens with zero attached hydrogens (tertiary/aromatic N) is 2. The summed E-state index contributed by atoms with van der Waals surface area (Å²) in [5, 5.41) is 16.4. The van der Waals surface area contributed by atoms with Gasteiger partial charge in [0.2, 0.25) is 0 Å². The molecule has 0 aromatic carbocycles. The third-order valence-corrected chi connectivity index (χ3v) is 4.34. The zero-order valence-electron chi connectivity index (χ0n) is 13.4. The molecule has 0 radical (unpaired) electrons. The Morgan fingerprint density at radius 3 is 2.76 bits per heavy atom. The van der Waals surface area contributed by atoms with E-state index in [4.69, 9.17) is 9.84 Å². The summed E-state index contributed by atoms with van der Waals surface area (Å²) >= 11 is 0. The molecule has 2 atom stereocenters. The Hall–Kier alpha value is -1.40. The lowest BCUT2D eigenvalue weighted by molar-refractivity contribution is -0.139. The van der Waals surface area contributed by atoms with Crippen molar-refractivity contribution >= 4 is 5.97 Å². The normalized spacial score (nSPS) is 24.1. The number of nitrogens with one attached hydrogen (secondary N) is 1. The van der Waals surface area contributed by atoms with Crippen LogP contribution in [0.1, 0.15) is 50.3 Å². The molecule has 1 aliphatic carbocycles. The Bertz CT molecular complexity index is 522. The summed E-state index contributed by atoms with van der Waals surface area (Å²) in [7, 11) is 1.76.